The fourth-order valence-corrected chi connectivity index (χ4v) is 3.11. The van der Waals surface area contributed by atoms with Crippen LogP contribution in [0.1, 0.15) is 53.4 Å². The number of methoxy groups -OCH3 is 1. The second-order valence-corrected chi connectivity index (χ2v) is 7.43. The molecule has 2 rings (SSSR count). The van der Waals surface area contributed by atoms with Gasteiger partial charge in [0, 0.05) is 17.5 Å². The average Bonchev–Trinajstić information content (AvgIpc) is 2.61. The molecule has 1 atom stereocenters. The quantitative estimate of drug-likeness (QED) is 0.451. The largest absolute Gasteiger partial charge is 0.504 e. The summed E-state index contributed by atoms with van der Waals surface area (Å²) >= 11 is 0. The molecule has 5 N–H and O–H groups in total. The summed E-state index contributed by atoms with van der Waals surface area (Å²) in [6, 6.07) is 5.79. The molecule has 0 unspecified atom stereocenters. The highest BCUT2D eigenvalue weighted by atomic mass is 16.5. The first-order valence-electron chi connectivity index (χ1n) is 8.94. The van der Waals surface area contributed by atoms with E-state index >= 15 is 0 Å². The molecule has 0 bridgehead atoms. The number of aliphatic hydroxyl groups is 3. The molecule has 158 valence electrons. The van der Waals surface area contributed by atoms with Gasteiger partial charge in [0.2, 0.25) is 0 Å². The Balaban J connectivity index is 2.59. The fourth-order valence-electron chi connectivity index (χ4n) is 3.11. The highest BCUT2D eigenvalue weighted by Crippen LogP contribution is 2.42. The number of ether oxygens (including phenoxy) is 2. The summed E-state index contributed by atoms with van der Waals surface area (Å²) < 4.78 is 10.9. The first kappa shape index (κ1) is 22.5. The second kappa shape index (κ2) is 8.69. The third-order valence-electron chi connectivity index (χ3n) is 4.29. The molecule has 8 nitrogen and oxygen atoms in total. The van der Waals surface area contributed by atoms with Gasteiger partial charge in [-0.15, -0.1) is 0 Å². The van der Waals surface area contributed by atoms with Crippen LogP contribution in [0.3, 0.4) is 0 Å². The van der Waals surface area contributed by atoms with Gasteiger partial charge < -0.3 is 35.0 Å². The van der Waals surface area contributed by atoms with Crippen molar-refractivity contribution in [1.29, 1.82) is 0 Å². The van der Waals surface area contributed by atoms with Gasteiger partial charge >= 0.3 is 5.97 Å². The maximum absolute atomic E-state index is 11.9. The smallest absolute Gasteiger partial charge is 0.343 e. The minimum absolute atomic E-state index is 0.0456. The number of aromatic hydroxyl groups is 1. The van der Waals surface area contributed by atoms with Crippen molar-refractivity contribution < 1.29 is 39.8 Å². The molecule has 0 saturated heterocycles. The van der Waals surface area contributed by atoms with Gasteiger partial charge in [-0.2, -0.15) is 0 Å². The molecule has 0 radical (unpaired) electrons. The summed E-state index contributed by atoms with van der Waals surface area (Å²) in [6.45, 7) is 4.35. The van der Waals surface area contributed by atoms with Crippen molar-refractivity contribution in [2.45, 2.75) is 45.5 Å². The van der Waals surface area contributed by atoms with Crippen molar-refractivity contribution in [2.75, 3.05) is 7.11 Å². The van der Waals surface area contributed by atoms with E-state index in [4.69, 9.17) is 9.47 Å². The van der Waals surface area contributed by atoms with E-state index in [0.717, 1.165) is 0 Å². The molecule has 0 aliphatic heterocycles. The predicted octanol–water partition coefficient (Wildman–Crippen LogP) is 2.89. The van der Waals surface area contributed by atoms with Gasteiger partial charge in [0.25, 0.3) is 0 Å². The van der Waals surface area contributed by atoms with Gasteiger partial charge in [-0.05, 0) is 50.6 Å². The maximum atomic E-state index is 11.9. The van der Waals surface area contributed by atoms with Crippen molar-refractivity contribution in [2.24, 2.45) is 0 Å². The number of carbonyl (C=O) groups is 1. The number of aliphatic hydroxyl groups excluding tert-OH is 2. The number of aryl methyl sites for hydroxylation is 1. The van der Waals surface area contributed by atoms with Gasteiger partial charge in [-0.1, -0.05) is 0 Å². The number of hydrogen-bond donors (Lipinski definition) is 5. The van der Waals surface area contributed by atoms with Crippen molar-refractivity contribution >= 4 is 5.97 Å². The third kappa shape index (κ3) is 5.17. The van der Waals surface area contributed by atoms with Crippen LogP contribution < -0.4 is 9.47 Å². The second-order valence-electron chi connectivity index (χ2n) is 7.43. The van der Waals surface area contributed by atoms with Crippen molar-refractivity contribution in [3.63, 3.8) is 0 Å². The van der Waals surface area contributed by atoms with E-state index in [2.05, 4.69) is 0 Å². The molecule has 2 aromatic carbocycles. The van der Waals surface area contributed by atoms with E-state index in [1.54, 1.807) is 13.0 Å². The monoisotopic (exact) mass is 406 g/mol. The highest BCUT2D eigenvalue weighted by Gasteiger charge is 2.28. The number of hydrogen-bond acceptors (Lipinski definition) is 7. The molecular formula is C21H26O8. The average molecular weight is 406 g/mol. The molecular weight excluding hydrogens is 380 g/mol. The van der Waals surface area contributed by atoms with Crippen LogP contribution in [0, 0.1) is 6.92 Å². The van der Waals surface area contributed by atoms with Crippen LogP contribution in [0.2, 0.25) is 0 Å². The normalized spacial score (nSPS) is 12.5. The molecule has 0 aliphatic carbocycles. The minimum Gasteiger partial charge on any atom is -0.504 e. The summed E-state index contributed by atoms with van der Waals surface area (Å²) in [4.78, 5) is 11.9. The zero-order chi connectivity index (χ0) is 21.9. The lowest BCUT2D eigenvalue weighted by Crippen LogP contribution is -2.22. The van der Waals surface area contributed by atoms with E-state index in [9.17, 15) is 30.3 Å². The lowest BCUT2D eigenvalue weighted by Gasteiger charge is -2.24. The Hall–Kier alpha value is -2.81. The van der Waals surface area contributed by atoms with Crippen LogP contribution in [-0.2, 0) is 6.61 Å². The molecule has 0 aromatic heterocycles. The Labute approximate surface area is 168 Å². The van der Waals surface area contributed by atoms with E-state index in [0.29, 0.717) is 5.56 Å². The summed E-state index contributed by atoms with van der Waals surface area (Å²) in [5, 5.41) is 49.9. The summed E-state index contributed by atoms with van der Waals surface area (Å²) in [5.41, 5.74) is -0.394. The Morgan fingerprint density at radius 1 is 1.21 bits per heavy atom. The van der Waals surface area contributed by atoms with Gasteiger partial charge in [0.1, 0.15) is 17.1 Å². The number of rotatable bonds is 8. The summed E-state index contributed by atoms with van der Waals surface area (Å²) in [6.07, 6.45) is -1.23. The van der Waals surface area contributed by atoms with Crippen LogP contribution in [-0.4, -0.2) is 44.2 Å². The van der Waals surface area contributed by atoms with E-state index in [1.807, 2.05) is 0 Å². The lowest BCUT2D eigenvalue weighted by atomic mass is 9.94. The number of aromatic carboxylic acids is 1. The molecule has 0 saturated carbocycles. The van der Waals surface area contributed by atoms with Gasteiger partial charge in [0.05, 0.1) is 25.4 Å². The first-order chi connectivity index (χ1) is 13.5. The minimum atomic E-state index is -1.37. The standard InChI is InChI=1S/C21H26O8/c1-11-7-12(10-22)18(14(23)8-11)29-16-6-5-13(15(24)9-21(2,3)27)19(28-4)17(16)20(25)26/h5-8,15,22-24,27H,9-10H2,1-4H3,(H,25,26)/t15-/m1/s1. The number of phenols is 1. The zero-order valence-electron chi connectivity index (χ0n) is 16.8. The van der Waals surface area contributed by atoms with Crippen LogP contribution in [0.5, 0.6) is 23.0 Å². The number of benzene rings is 2. The first-order valence-corrected chi connectivity index (χ1v) is 8.94. The Kier molecular flexibility index (Phi) is 6.73. The van der Waals surface area contributed by atoms with Crippen LogP contribution >= 0.6 is 0 Å². The van der Waals surface area contributed by atoms with Crippen LogP contribution in [0.15, 0.2) is 24.3 Å². The number of phenolic OH excluding ortho intramolecular Hbond substituents is 1. The van der Waals surface area contributed by atoms with E-state index in [1.165, 1.54) is 39.2 Å². The molecule has 0 fully saturated rings. The van der Waals surface area contributed by atoms with Gasteiger partial charge in [-0.25, -0.2) is 4.79 Å². The topological polar surface area (TPSA) is 137 Å². The molecule has 0 heterocycles. The third-order valence-corrected chi connectivity index (χ3v) is 4.29. The Morgan fingerprint density at radius 3 is 2.38 bits per heavy atom. The molecule has 2 aromatic rings. The summed E-state index contributed by atoms with van der Waals surface area (Å²) in [5.74, 6) is -1.96. The SMILES string of the molecule is COc1c([C@H](O)CC(C)(C)O)ccc(Oc2c(O)cc(C)cc2CO)c1C(=O)O. The Morgan fingerprint density at radius 2 is 1.86 bits per heavy atom. The maximum Gasteiger partial charge on any atom is 0.343 e. The molecule has 0 aliphatic rings. The van der Waals surface area contributed by atoms with Crippen LogP contribution in [0.25, 0.3) is 0 Å². The molecule has 0 amide bonds. The number of carboxylic acid groups (broad SMARTS) is 1. The Bertz CT molecular complexity index is 899. The van der Waals surface area contributed by atoms with Gasteiger partial charge in [-0.3, -0.25) is 0 Å². The number of carboxylic acids is 1. The van der Waals surface area contributed by atoms with E-state index < -0.39 is 24.3 Å². The van der Waals surface area contributed by atoms with Gasteiger partial charge in [0.15, 0.2) is 11.5 Å². The van der Waals surface area contributed by atoms with Crippen molar-refractivity contribution in [3.05, 3.63) is 46.5 Å². The summed E-state index contributed by atoms with van der Waals surface area (Å²) in [7, 11) is 1.26. The zero-order valence-corrected chi connectivity index (χ0v) is 16.8. The lowest BCUT2D eigenvalue weighted by molar-refractivity contribution is 0.0171. The molecule has 0 spiro atoms. The predicted molar refractivity (Wildman–Crippen MR) is 105 cm³/mol. The fraction of sp³-hybridized carbons (Fsp3) is 0.381. The molecule has 29 heavy (non-hydrogen) atoms. The highest BCUT2D eigenvalue weighted by molar-refractivity contribution is 5.95. The van der Waals surface area contributed by atoms with Crippen molar-refractivity contribution in [3.8, 4) is 23.0 Å². The van der Waals surface area contributed by atoms with E-state index in [-0.39, 0.29) is 46.1 Å². The van der Waals surface area contributed by atoms with Crippen molar-refractivity contribution in [1.82, 2.24) is 0 Å². The van der Waals surface area contributed by atoms with Crippen LogP contribution in [0.4, 0.5) is 0 Å². The molecule has 8 heteroatoms.